The third kappa shape index (κ3) is 2.17. The fraction of sp³-hybridized carbons (Fsp3) is 0.357. The second-order valence-electron chi connectivity index (χ2n) is 4.95. The molecule has 1 aliphatic carbocycles. The number of methoxy groups -OCH3 is 1. The third-order valence-electron chi connectivity index (χ3n) is 3.75. The topological polar surface area (TPSA) is 53.1 Å². The molecule has 0 saturated heterocycles. The molecule has 0 unspecified atom stereocenters. The van der Waals surface area contributed by atoms with Gasteiger partial charge in [0.2, 0.25) is 0 Å². The van der Waals surface area contributed by atoms with E-state index >= 15 is 0 Å². The van der Waals surface area contributed by atoms with Gasteiger partial charge in [-0.1, -0.05) is 0 Å². The average Bonchev–Trinajstić information content (AvgIpc) is 3.15. The van der Waals surface area contributed by atoms with Crippen LogP contribution in [0, 0.1) is 0 Å². The molecule has 1 aromatic heterocycles. The van der Waals surface area contributed by atoms with Crippen LogP contribution in [0.4, 0.5) is 0 Å². The first-order valence-electron chi connectivity index (χ1n) is 6.29. The molecule has 1 aromatic carbocycles. The highest BCUT2D eigenvalue weighted by Gasteiger charge is 2.46. The lowest BCUT2D eigenvalue weighted by atomic mass is 10.0. The molecule has 1 aliphatic rings. The van der Waals surface area contributed by atoms with E-state index in [-0.39, 0.29) is 5.41 Å². The van der Waals surface area contributed by atoms with Gasteiger partial charge in [-0.25, -0.2) is 4.68 Å². The van der Waals surface area contributed by atoms with Crippen molar-refractivity contribution in [1.82, 2.24) is 9.78 Å². The van der Waals surface area contributed by atoms with Crippen LogP contribution in [0.2, 0.25) is 0 Å². The standard InChI is InChI=1S/C14H16BrN3O/c1-19-11-4-2-10(3-5-11)18-8-12(15)13(17-18)14(9-16)6-7-14/h2-5,8H,6-7,9,16H2,1H3. The van der Waals surface area contributed by atoms with E-state index in [0.717, 1.165) is 34.4 Å². The number of hydrogen-bond acceptors (Lipinski definition) is 3. The van der Waals surface area contributed by atoms with Crippen LogP contribution in [0.5, 0.6) is 5.75 Å². The van der Waals surface area contributed by atoms with Crippen LogP contribution < -0.4 is 10.5 Å². The summed E-state index contributed by atoms with van der Waals surface area (Å²) < 4.78 is 8.08. The zero-order valence-electron chi connectivity index (χ0n) is 10.8. The second kappa shape index (κ2) is 4.65. The van der Waals surface area contributed by atoms with Crippen molar-refractivity contribution in [2.24, 2.45) is 5.73 Å². The molecule has 0 amide bonds. The van der Waals surface area contributed by atoms with Gasteiger partial charge in [-0.05, 0) is 53.0 Å². The Hall–Kier alpha value is -1.33. The molecular weight excluding hydrogens is 306 g/mol. The van der Waals surface area contributed by atoms with E-state index in [1.165, 1.54) is 0 Å². The van der Waals surface area contributed by atoms with Crippen molar-refractivity contribution in [2.75, 3.05) is 13.7 Å². The van der Waals surface area contributed by atoms with Crippen LogP contribution in [-0.4, -0.2) is 23.4 Å². The number of nitrogens with zero attached hydrogens (tertiary/aromatic N) is 2. The van der Waals surface area contributed by atoms with Crippen molar-refractivity contribution in [1.29, 1.82) is 0 Å². The average molecular weight is 322 g/mol. The number of halogens is 1. The molecule has 1 heterocycles. The first-order valence-corrected chi connectivity index (χ1v) is 7.08. The van der Waals surface area contributed by atoms with Crippen molar-refractivity contribution in [3.63, 3.8) is 0 Å². The van der Waals surface area contributed by atoms with Crippen LogP contribution in [0.1, 0.15) is 18.5 Å². The minimum Gasteiger partial charge on any atom is -0.497 e. The molecule has 3 rings (SSSR count). The van der Waals surface area contributed by atoms with Gasteiger partial charge < -0.3 is 10.5 Å². The maximum absolute atomic E-state index is 5.87. The predicted molar refractivity (Wildman–Crippen MR) is 77.8 cm³/mol. The zero-order valence-corrected chi connectivity index (χ0v) is 12.4. The molecule has 0 bridgehead atoms. The predicted octanol–water partition coefficient (Wildman–Crippen LogP) is 2.63. The molecule has 19 heavy (non-hydrogen) atoms. The molecule has 0 radical (unpaired) electrons. The van der Waals surface area contributed by atoms with Gasteiger partial charge in [0, 0.05) is 18.2 Å². The lowest BCUT2D eigenvalue weighted by Gasteiger charge is -2.09. The maximum atomic E-state index is 5.87. The van der Waals surface area contributed by atoms with Gasteiger partial charge in [0.05, 0.1) is 23.0 Å². The summed E-state index contributed by atoms with van der Waals surface area (Å²) in [5.74, 6) is 0.843. The minimum absolute atomic E-state index is 0.0938. The summed E-state index contributed by atoms with van der Waals surface area (Å²) in [6.45, 7) is 0.658. The lowest BCUT2D eigenvalue weighted by Crippen LogP contribution is -2.21. The Morgan fingerprint density at radius 2 is 2.05 bits per heavy atom. The number of nitrogens with two attached hydrogens (primary N) is 1. The van der Waals surface area contributed by atoms with Gasteiger partial charge >= 0.3 is 0 Å². The number of hydrogen-bond donors (Lipinski definition) is 1. The van der Waals surface area contributed by atoms with E-state index in [9.17, 15) is 0 Å². The largest absolute Gasteiger partial charge is 0.497 e. The van der Waals surface area contributed by atoms with E-state index in [2.05, 4.69) is 21.0 Å². The van der Waals surface area contributed by atoms with Gasteiger partial charge in [-0.2, -0.15) is 5.10 Å². The lowest BCUT2D eigenvalue weighted by molar-refractivity contribution is 0.414. The summed E-state index contributed by atoms with van der Waals surface area (Å²) >= 11 is 3.60. The van der Waals surface area contributed by atoms with Crippen LogP contribution in [-0.2, 0) is 5.41 Å². The molecule has 0 atom stereocenters. The number of benzene rings is 1. The molecule has 100 valence electrons. The summed E-state index contributed by atoms with van der Waals surface area (Å²) in [4.78, 5) is 0. The van der Waals surface area contributed by atoms with Gasteiger partial charge in [0.1, 0.15) is 5.75 Å². The molecule has 1 saturated carbocycles. The summed E-state index contributed by atoms with van der Waals surface area (Å²) in [7, 11) is 1.66. The quantitative estimate of drug-likeness (QED) is 0.941. The Morgan fingerprint density at radius 3 is 2.58 bits per heavy atom. The van der Waals surface area contributed by atoms with E-state index < -0.39 is 0 Å². The molecule has 2 aromatic rings. The molecule has 2 N–H and O–H groups in total. The Labute approximate surface area is 120 Å². The van der Waals surface area contributed by atoms with Crippen molar-refractivity contribution < 1.29 is 4.74 Å². The summed E-state index contributed by atoms with van der Waals surface area (Å²) in [6.07, 6.45) is 4.25. The van der Waals surface area contributed by atoms with Crippen LogP contribution >= 0.6 is 15.9 Å². The van der Waals surface area contributed by atoms with Gasteiger partial charge in [-0.15, -0.1) is 0 Å². The number of rotatable bonds is 4. The van der Waals surface area contributed by atoms with Gasteiger partial charge in [0.25, 0.3) is 0 Å². The molecule has 0 spiro atoms. The molecule has 1 fully saturated rings. The first-order chi connectivity index (χ1) is 9.18. The highest BCUT2D eigenvalue weighted by molar-refractivity contribution is 9.10. The Balaban J connectivity index is 1.95. The Kier molecular flexibility index (Phi) is 3.11. The van der Waals surface area contributed by atoms with E-state index in [1.54, 1.807) is 7.11 Å². The molecular formula is C14H16BrN3O. The van der Waals surface area contributed by atoms with E-state index in [0.29, 0.717) is 6.54 Å². The smallest absolute Gasteiger partial charge is 0.119 e. The van der Waals surface area contributed by atoms with E-state index in [4.69, 9.17) is 10.5 Å². The molecule has 4 nitrogen and oxygen atoms in total. The fourth-order valence-corrected chi connectivity index (χ4v) is 2.96. The summed E-state index contributed by atoms with van der Waals surface area (Å²) in [6, 6.07) is 7.84. The monoisotopic (exact) mass is 321 g/mol. The Bertz CT molecular complexity index is 587. The highest BCUT2D eigenvalue weighted by Crippen LogP contribution is 2.48. The first kappa shape index (κ1) is 12.7. The van der Waals surface area contributed by atoms with Gasteiger partial charge in [-0.3, -0.25) is 0 Å². The van der Waals surface area contributed by atoms with Crippen molar-refractivity contribution in [3.8, 4) is 11.4 Å². The fourth-order valence-electron chi connectivity index (χ4n) is 2.27. The maximum Gasteiger partial charge on any atom is 0.119 e. The van der Waals surface area contributed by atoms with Crippen LogP contribution in [0.25, 0.3) is 5.69 Å². The van der Waals surface area contributed by atoms with Crippen LogP contribution in [0.15, 0.2) is 34.9 Å². The van der Waals surface area contributed by atoms with Crippen molar-refractivity contribution >= 4 is 15.9 Å². The molecule has 0 aliphatic heterocycles. The normalized spacial score (nSPS) is 16.4. The van der Waals surface area contributed by atoms with Crippen molar-refractivity contribution in [2.45, 2.75) is 18.3 Å². The Morgan fingerprint density at radius 1 is 1.37 bits per heavy atom. The summed E-state index contributed by atoms with van der Waals surface area (Å²) in [5.41, 5.74) is 8.05. The van der Waals surface area contributed by atoms with Crippen molar-refractivity contribution in [3.05, 3.63) is 40.6 Å². The number of aromatic nitrogens is 2. The molecule has 5 heteroatoms. The second-order valence-corrected chi connectivity index (χ2v) is 5.81. The zero-order chi connectivity index (χ0) is 13.5. The highest BCUT2D eigenvalue weighted by atomic mass is 79.9. The summed E-state index contributed by atoms with van der Waals surface area (Å²) in [5, 5.41) is 4.69. The van der Waals surface area contributed by atoms with Crippen LogP contribution in [0.3, 0.4) is 0 Å². The number of ether oxygens (including phenoxy) is 1. The SMILES string of the molecule is COc1ccc(-n2cc(Br)c(C3(CN)CC3)n2)cc1. The third-order valence-corrected chi connectivity index (χ3v) is 4.33. The van der Waals surface area contributed by atoms with E-state index in [1.807, 2.05) is 35.1 Å². The minimum atomic E-state index is 0.0938. The van der Waals surface area contributed by atoms with Gasteiger partial charge in [0.15, 0.2) is 0 Å².